The Balaban J connectivity index is 1.49. The van der Waals surface area contributed by atoms with Crippen molar-refractivity contribution in [1.29, 1.82) is 0 Å². The Hall–Kier alpha value is -2.55. The van der Waals surface area contributed by atoms with Crippen LogP contribution in [-0.2, 0) is 9.59 Å². The van der Waals surface area contributed by atoms with Crippen LogP contribution in [0, 0.1) is 11.7 Å². The van der Waals surface area contributed by atoms with Gasteiger partial charge in [0.25, 0.3) is 5.91 Å². The molecule has 2 atom stereocenters. The number of nitrogens with one attached hydrogen (secondary N) is 3. The van der Waals surface area contributed by atoms with Gasteiger partial charge in [-0.05, 0) is 60.2 Å². The van der Waals surface area contributed by atoms with Crippen molar-refractivity contribution in [3.05, 3.63) is 86.6 Å². The van der Waals surface area contributed by atoms with E-state index in [2.05, 4.69) is 16.0 Å². The maximum atomic E-state index is 14.4. The summed E-state index contributed by atoms with van der Waals surface area (Å²) in [7, 11) is 0. The lowest BCUT2D eigenvalue weighted by atomic mass is 10.1. The Bertz CT molecular complexity index is 1410. The lowest BCUT2D eigenvalue weighted by Gasteiger charge is -2.11. The van der Waals surface area contributed by atoms with Crippen molar-refractivity contribution in [1.82, 2.24) is 0 Å². The van der Waals surface area contributed by atoms with Gasteiger partial charge in [0.15, 0.2) is 0 Å². The molecule has 0 bridgehead atoms. The third-order valence-corrected chi connectivity index (χ3v) is 7.30. The average Bonchev–Trinajstić information content (AvgIpc) is 3.38. The summed E-state index contributed by atoms with van der Waals surface area (Å²) >= 11 is 31.1. The summed E-state index contributed by atoms with van der Waals surface area (Å²) in [5.41, 5.74) is 0.964. The first-order valence-electron chi connectivity index (χ1n) is 10.7. The van der Waals surface area contributed by atoms with Gasteiger partial charge in [-0.15, -0.1) is 23.2 Å². The standard InChI is InChI=1S/C25H17Cl5FN3O3/c1-11(35)32-16-3-5-20(19(31)10-16)34-23(36)17-9-15(2-4-18(17)28)33-24(37)22-21(25(22,29)30)12-6-13(26)8-14(27)7-12/h2-10,21-22H,1H3,(H,32,35)(H,33,37)(H,34,36)/t21-,22+/m1/s1. The number of carbonyl (C=O) groups is 3. The topological polar surface area (TPSA) is 87.3 Å². The second-order valence-electron chi connectivity index (χ2n) is 8.35. The van der Waals surface area contributed by atoms with E-state index in [1.165, 1.54) is 37.3 Å². The number of alkyl halides is 2. The molecule has 3 aromatic carbocycles. The molecule has 0 radical (unpaired) electrons. The molecule has 0 heterocycles. The minimum absolute atomic E-state index is 0.0122. The highest BCUT2D eigenvalue weighted by atomic mass is 35.5. The molecule has 4 rings (SSSR count). The molecule has 0 aromatic heterocycles. The quantitative estimate of drug-likeness (QED) is 0.255. The highest BCUT2D eigenvalue weighted by Gasteiger charge is 2.67. The van der Waals surface area contributed by atoms with Crippen molar-refractivity contribution < 1.29 is 18.8 Å². The van der Waals surface area contributed by atoms with Crippen LogP contribution < -0.4 is 16.0 Å². The van der Waals surface area contributed by atoms with Gasteiger partial charge in [-0.2, -0.15) is 0 Å². The largest absolute Gasteiger partial charge is 0.326 e. The molecule has 37 heavy (non-hydrogen) atoms. The Morgan fingerprint density at radius 2 is 1.46 bits per heavy atom. The van der Waals surface area contributed by atoms with Gasteiger partial charge in [-0.25, -0.2) is 4.39 Å². The van der Waals surface area contributed by atoms with Crippen molar-refractivity contribution >= 4 is 92.8 Å². The molecular weight excluding hydrogens is 587 g/mol. The lowest BCUT2D eigenvalue weighted by Crippen LogP contribution is -2.18. The summed E-state index contributed by atoms with van der Waals surface area (Å²) < 4.78 is 13.0. The van der Waals surface area contributed by atoms with Crippen LogP contribution in [0.3, 0.4) is 0 Å². The predicted molar refractivity (Wildman–Crippen MR) is 146 cm³/mol. The fraction of sp³-hybridized carbons (Fsp3) is 0.160. The van der Waals surface area contributed by atoms with Gasteiger partial charge in [-0.1, -0.05) is 34.8 Å². The Morgan fingerprint density at radius 1 is 0.838 bits per heavy atom. The van der Waals surface area contributed by atoms with Gasteiger partial charge < -0.3 is 16.0 Å². The van der Waals surface area contributed by atoms with Gasteiger partial charge in [0.2, 0.25) is 11.8 Å². The van der Waals surface area contributed by atoms with Gasteiger partial charge in [0.05, 0.1) is 22.2 Å². The third-order valence-electron chi connectivity index (χ3n) is 5.60. The number of benzene rings is 3. The molecule has 1 aliphatic carbocycles. The molecule has 1 saturated carbocycles. The van der Waals surface area contributed by atoms with Crippen LogP contribution in [0.1, 0.15) is 28.8 Å². The van der Waals surface area contributed by atoms with E-state index in [9.17, 15) is 18.8 Å². The maximum absolute atomic E-state index is 14.4. The summed E-state index contributed by atoms with van der Waals surface area (Å²) in [6.45, 7) is 1.29. The van der Waals surface area contributed by atoms with E-state index >= 15 is 0 Å². The number of rotatable bonds is 6. The average molecular weight is 604 g/mol. The van der Waals surface area contributed by atoms with Crippen LogP contribution in [0.4, 0.5) is 21.5 Å². The van der Waals surface area contributed by atoms with Crippen molar-refractivity contribution in [2.24, 2.45) is 5.92 Å². The number of anilines is 3. The Morgan fingerprint density at radius 3 is 2.08 bits per heavy atom. The smallest absolute Gasteiger partial charge is 0.257 e. The van der Waals surface area contributed by atoms with E-state index in [1.807, 2.05) is 0 Å². The maximum Gasteiger partial charge on any atom is 0.257 e. The van der Waals surface area contributed by atoms with Crippen LogP contribution in [0.15, 0.2) is 54.6 Å². The predicted octanol–water partition coefficient (Wildman–Crippen LogP) is 7.52. The summed E-state index contributed by atoms with van der Waals surface area (Å²) in [6, 6.07) is 12.9. The van der Waals surface area contributed by atoms with E-state index in [4.69, 9.17) is 58.0 Å². The minimum atomic E-state index is -1.38. The first kappa shape index (κ1) is 27.5. The zero-order chi connectivity index (χ0) is 27.1. The van der Waals surface area contributed by atoms with Crippen LogP contribution in [-0.4, -0.2) is 22.1 Å². The number of hydrogen-bond acceptors (Lipinski definition) is 3. The van der Waals surface area contributed by atoms with Crippen molar-refractivity contribution in [2.75, 3.05) is 16.0 Å². The molecule has 3 N–H and O–H groups in total. The van der Waals surface area contributed by atoms with E-state index < -0.39 is 33.8 Å². The van der Waals surface area contributed by atoms with Crippen molar-refractivity contribution in [3.8, 4) is 0 Å². The summed E-state index contributed by atoms with van der Waals surface area (Å²) in [5, 5.41) is 8.40. The van der Waals surface area contributed by atoms with Crippen LogP contribution in [0.2, 0.25) is 15.1 Å². The molecule has 3 amide bonds. The second kappa shape index (κ2) is 10.7. The molecule has 192 valence electrons. The fourth-order valence-electron chi connectivity index (χ4n) is 3.91. The van der Waals surface area contributed by atoms with Crippen molar-refractivity contribution in [3.63, 3.8) is 0 Å². The minimum Gasteiger partial charge on any atom is -0.326 e. The Kier molecular flexibility index (Phi) is 7.93. The zero-order valence-corrected chi connectivity index (χ0v) is 22.6. The number of carbonyl (C=O) groups excluding carboxylic acids is 3. The summed E-state index contributed by atoms with van der Waals surface area (Å²) in [4.78, 5) is 37.0. The normalized spacial score (nSPS) is 17.6. The monoisotopic (exact) mass is 601 g/mol. The highest BCUT2D eigenvalue weighted by molar-refractivity contribution is 6.53. The molecule has 1 aliphatic rings. The summed E-state index contributed by atoms with van der Waals surface area (Å²) in [6.07, 6.45) is 0. The molecule has 3 aromatic rings. The molecule has 0 unspecified atom stereocenters. The van der Waals surface area contributed by atoms with Gasteiger partial charge in [-0.3, -0.25) is 14.4 Å². The first-order valence-corrected chi connectivity index (χ1v) is 12.6. The third kappa shape index (κ3) is 6.13. The van der Waals surface area contributed by atoms with E-state index in [-0.39, 0.29) is 33.6 Å². The number of hydrogen-bond donors (Lipinski definition) is 3. The van der Waals surface area contributed by atoms with Crippen molar-refractivity contribution in [2.45, 2.75) is 17.2 Å². The molecule has 1 fully saturated rings. The van der Waals surface area contributed by atoms with Crippen LogP contribution >= 0.6 is 58.0 Å². The number of amides is 3. The van der Waals surface area contributed by atoms with Crippen LogP contribution in [0.25, 0.3) is 0 Å². The first-order chi connectivity index (χ1) is 17.4. The van der Waals surface area contributed by atoms with Gasteiger partial charge in [0, 0.05) is 34.3 Å². The molecule has 12 heteroatoms. The zero-order valence-electron chi connectivity index (χ0n) is 18.8. The Labute approximate surface area is 236 Å². The SMILES string of the molecule is CC(=O)Nc1ccc(NC(=O)c2cc(NC(=O)[C@@H]3[C@@H](c4cc(Cl)cc(Cl)c4)C3(Cl)Cl)ccc2Cl)c(F)c1. The van der Waals surface area contributed by atoms with Gasteiger partial charge in [0.1, 0.15) is 10.2 Å². The second-order valence-corrected chi connectivity index (χ2v) is 11.1. The molecular formula is C25H17Cl5FN3O3. The number of halogens is 6. The molecule has 0 spiro atoms. The lowest BCUT2D eigenvalue weighted by molar-refractivity contribution is -0.117. The highest BCUT2D eigenvalue weighted by Crippen LogP contribution is 2.65. The van der Waals surface area contributed by atoms with E-state index in [1.54, 1.807) is 18.2 Å². The van der Waals surface area contributed by atoms with E-state index in [0.29, 0.717) is 15.6 Å². The van der Waals surface area contributed by atoms with Crippen LogP contribution in [0.5, 0.6) is 0 Å². The summed E-state index contributed by atoms with van der Waals surface area (Å²) in [5.74, 6) is -3.69. The molecule has 0 saturated heterocycles. The van der Waals surface area contributed by atoms with E-state index in [0.717, 1.165) is 6.07 Å². The molecule has 6 nitrogen and oxygen atoms in total. The molecule has 0 aliphatic heterocycles. The van der Waals surface area contributed by atoms with Gasteiger partial charge >= 0.3 is 0 Å². The fourth-order valence-corrected chi connectivity index (χ4v) is 5.48.